The van der Waals surface area contributed by atoms with Crippen molar-refractivity contribution in [1.82, 2.24) is 24.9 Å². The van der Waals surface area contributed by atoms with Crippen LogP contribution in [-0.4, -0.2) is 24.9 Å². The van der Waals surface area contributed by atoms with Crippen molar-refractivity contribution in [2.45, 2.75) is 13.8 Å². The van der Waals surface area contributed by atoms with E-state index in [1.807, 2.05) is 25.1 Å². The van der Waals surface area contributed by atoms with E-state index in [0.29, 0.717) is 17.5 Å². The molecule has 3 aromatic heterocycles. The minimum atomic E-state index is 0.593. The van der Waals surface area contributed by atoms with Crippen molar-refractivity contribution in [2.24, 2.45) is 0 Å². The van der Waals surface area contributed by atoms with E-state index < -0.39 is 0 Å². The number of fused-ring (bicyclic) bond motifs is 5. The summed E-state index contributed by atoms with van der Waals surface area (Å²) in [5.41, 5.74) is 10.6. The lowest BCUT2D eigenvalue weighted by atomic mass is 9.90. The van der Waals surface area contributed by atoms with Crippen molar-refractivity contribution < 1.29 is 0 Å². The van der Waals surface area contributed by atoms with Crippen molar-refractivity contribution in [3.05, 3.63) is 199 Å². The maximum Gasteiger partial charge on any atom is 0.164 e. The van der Waals surface area contributed by atoms with Crippen LogP contribution in [0.3, 0.4) is 0 Å². The zero-order valence-corrected chi connectivity index (χ0v) is 33.1. The summed E-state index contributed by atoms with van der Waals surface area (Å²) in [7, 11) is 0. The summed E-state index contributed by atoms with van der Waals surface area (Å²) in [6.45, 7) is 4.08. The Bertz CT molecular complexity index is 3370. The van der Waals surface area contributed by atoms with E-state index in [0.717, 1.165) is 83.3 Å². The fourth-order valence-electron chi connectivity index (χ4n) is 8.64. The molecule has 0 unspecified atom stereocenters. The van der Waals surface area contributed by atoms with E-state index in [9.17, 15) is 0 Å². The summed E-state index contributed by atoms with van der Waals surface area (Å²) in [5.74, 6) is 1.83. The Morgan fingerprint density at radius 3 is 1.43 bits per heavy atom. The standard InChI is InChI=1S/C55H37N5/c1-34-14-11-27-51(56-34)52-29-28-42(35(2)57-52)39-30-40(50-33-38-17-5-8-22-45(38)46-23-9-10-24-47(46)50)32-41(31-39)53-58-54(48-25-12-18-36-15-3-6-20-43(36)48)60-55(59-53)49-26-13-19-37-16-4-7-21-44(37)49/h3-33H,1-2H3. The predicted molar refractivity (Wildman–Crippen MR) is 248 cm³/mol. The highest BCUT2D eigenvalue weighted by Gasteiger charge is 2.19. The van der Waals surface area contributed by atoms with Gasteiger partial charge < -0.3 is 0 Å². The topological polar surface area (TPSA) is 64.5 Å². The number of hydrogen-bond acceptors (Lipinski definition) is 5. The average Bonchev–Trinajstić information content (AvgIpc) is 3.30. The molecule has 11 rings (SSSR count). The smallest absolute Gasteiger partial charge is 0.164 e. The lowest BCUT2D eigenvalue weighted by Gasteiger charge is -2.16. The summed E-state index contributed by atoms with van der Waals surface area (Å²) >= 11 is 0. The molecule has 60 heavy (non-hydrogen) atoms. The molecule has 0 aliphatic heterocycles. The molecule has 0 amide bonds. The Hall–Kier alpha value is -7.89. The first kappa shape index (κ1) is 35.3. The van der Waals surface area contributed by atoms with Gasteiger partial charge in [0.05, 0.1) is 11.4 Å². The molecule has 0 radical (unpaired) electrons. The van der Waals surface area contributed by atoms with Gasteiger partial charge in [-0.25, -0.2) is 15.0 Å². The normalized spacial score (nSPS) is 11.5. The SMILES string of the molecule is Cc1cccc(-c2ccc(-c3cc(-c4nc(-c5cccc6ccccc56)nc(-c5cccc6ccccc56)n4)cc(-c4cc5ccccc5c5ccccc45)c3)c(C)n2)n1. The molecular formula is C55H37N5. The van der Waals surface area contributed by atoms with Crippen LogP contribution in [0.2, 0.25) is 0 Å². The van der Waals surface area contributed by atoms with Crippen LogP contribution in [0.1, 0.15) is 11.4 Å². The van der Waals surface area contributed by atoms with Crippen LogP contribution < -0.4 is 0 Å². The van der Waals surface area contributed by atoms with Gasteiger partial charge in [-0.15, -0.1) is 0 Å². The van der Waals surface area contributed by atoms with Gasteiger partial charge in [-0.1, -0.05) is 146 Å². The van der Waals surface area contributed by atoms with Crippen LogP contribution in [0, 0.1) is 13.8 Å². The van der Waals surface area contributed by atoms with Crippen LogP contribution in [0.4, 0.5) is 0 Å². The van der Waals surface area contributed by atoms with Crippen molar-refractivity contribution in [2.75, 3.05) is 0 Å². The fraction of sp³-hybridized carbons (Fsp3) is 0.0364. The molecule has 5 nitrogen and oxygen atoms in total. The van der Waals surface area contributed by atoms with E-state index in [2.05, 4.69) is 177 Å². The number of pyridine rings is 2. The van der Waals surface area contributed by atoms with E-state index >= 15 is 0 Å². The van der Waals surface area contributed by atoms with Crippen LogP contribution in [0.25, 0.3) is 111 Å². The second kappa shape index (κ2) is 14.5. The summed E-state index contributed by atoms with van der Waals surface area (Å²) in [6, 6.07) is 66.1. The second-order valence-electron chi connectivity index (χ2n) is 15.3. The molecule has 0 aliphatic rings. The molecule has 282 valence electrons. The molecule has 0 spiro atoms. The minimum absolute atomic E-state index is 0.593. The number of aromatic nitrogens is 5. The Labute approximate surface area is 347 Å². The molecule has 0 saturated carbocycles. The van der Waals surface area contributed by atoms with Crippen LogP contribution >= 0.6 is 0 Å². The quantitative estimate of drug-likeness (QED) is 0.158. The van der Waals surface area contributed by atoms with Gasteiger partial charge >= 0.3 is 0 Å². The Morgan fingerprint density at radius 2 is 0.783 bits per heavy atom. The number of benzene rings is 8. The first-order valence-electron chi connectivity index (χ1n) is 20.2. The summed E-state index contributed by atoms with van der Waals surface area (Å²) in [4.78, 5) is 25.8. The van der Waals surface area contributed by atoms with Gasteiger partial charge in [0.2, 0.25) is 0 Å². The van der Waals surface area contributed by atoms with Crippen LogP contribution in [-0.2, 0) is 0 Å². The molecule has 5 heteroatoms. The van der Waals surface area contributed by atoms with E-state index in [1.54, 1.807) is 0 Å². The molecule has 0 saturated heterocycles. The van der Waals surface area contributed by atoms with Gasteiger partial charge in [0.15, 0.2) is 17.5 Å². The molecule has 0 fully saturated rings. The molecule has 0 atom stereocenters. The van der Waals surface area contributed by atoms with Gasteiger partial charge in [-0.3, -0.25) is 9.97 Å². The minimum Gasteiger partial charge on any atom is -0.251 e. The summed E-state index contributed by atoms with van der Waals surface area (Å²) in [5, 5.41) is 9.23. The van der Waals surface area contributed by atoms with Crippen molar-refractivity contribution in [3.8, 4) is 67.8 Å². The fourth-order valence-corrected chi connectivity index (χ4v) is 8.64. The van der Waals surface area contributed by atoms with Crippen LogP contribution in [0.15, 0.2) is 188 Å². The van der Waals surface area contributed by atoms with Crippen molar-refractivity contribution in [1.29, 1.82) is 0 Å². The third-order valence-corrected chi connectivity index (χ3v) is 11.5. The van der Waals surface area contributed by atoms with Gasteiger partial charge in [0.25, 0.3) is 0 Å². The first-order valence-corrected chi connectivity index (χ1v) is 20.2. The first-order chi connectivity index (χ1) is 29.5. The van der Waals surface area contributed by atoms with Gasteiger partial charge in [0, 0.05) is 33.6 Å². The lowest BCUT2D eigenvalue weighted by molar-refractivity contribution is 1.08. The molecule has 0 aliphatic carbocycles. The van der Waals surface area contributed by atoms with Gasteiger partial charge in [-0.05, 0) is 116 Å². The zero-order valence-electron chi connectivity index (χ0n) is 33.1. The number of nitrogens with zero attached hydrogens (tertiary/aromatic N) is 5. The Morgan fingerprint density at radius 1 is 0.283 bits per heavy atom. The highest BCUT2D eigenvalue weighted by atomic mass is 15.0. The average molecular weight is 768 g/mol. The summed E-state index contributed by atoms with van der Waals surface area (Å²) < 4.78 is 0. The van der Waals surface area contributed by atoms with Gasteiger partial charge in [0.1, 0.15) is 0 Å². The van der Waals surface area contributed by atoms with E-state index in [4.69, 9.17) is 24.9 Å². The highest BCUT2D eigenvalue weighted by molar-refractivity contribution is 6.14. The number of aryl methyl sites for hydroxylation is 2. The maximum atomic E-state index is 5.35. The lowest BCUT2D eigenvalue weighted by Crippen LogP contribution is -2.01. The molecule has 8 aromatic carbocycles. The number of hydrogen-bond donors (Lipinski definition) is 0. The predicted octanol–water partition coefficient (Wildman–Crippen LogP) is 13.9. The monoisotopic (exact) mass is 767 g/mol. The number of rotatable bonds is 6. The molecule has 3 heterocycles. The maximum absolute atomic E-state index is 5.35. The Balaban J connectivity index is 1.19. The van der Waals surface area contributed by atoms with E-state index in [1.165, 1.54) is 21.5 Å². The van der Waals surface area contributed by atoms with Gasteiger partial charge in [-0.2, -0.15) is 0 Å². The summed E-state index contributed by atoms with van der Waals surface area (Å²) in [6.07, 6.45) is 0. The molecule has 0 bridgehead atoms. The van der Waals surface area contributed by atoms with Crippen molar-refractivity contribution >= 4 is 43.1 Å². The third-order valence-electron chi connectivity index (χ3n) is 11.5. The molecule has 11 aromatic rings. The molecular weight excluding hydrogens is 731 g/mol. The van der Waals surface area contributed by atoms with Crippen molar-refractivity contribution in [3.63, 3.8) is 0 Å². The Kier molecular flexibility index (Phi) is 8.52. The highest BCUT2D eigenvalue weighted by Crippen LogP contribution is 2.40. The molecule has 0 N–H and O–H groups in total. The van der Waals surface area contributed by atoms with E-state index in [-0.39, 0.29) is 0 Å². The largest absolute Gasteiger partial charge is 0.251 e. The second-order valence-corrected chi connectivity index (χ2v) is 15.3. The van der Waals surface area contributed by atoms with Crippen LogP contribution in [0.5, 0.6) is 0 Å². The third kappa shape index (κ3) is 6.25. The zero-order chi connectivity index (χ0) is 40.2.